The van der Waals surface area contributed by atoms with E-state index < -0.39 is 6.61 Å². The van der Waals surface area contributed by atoms with Gasteiger partial charge in [0.05, 0.1) is 10.9 Å². The van der Waals surface area contributed by atoms with E-state index >= 15 is 0 Å². The second-order valence-electron chi connectivity index (χ2n) is 5.32. The van der Waals surface area contributed by atoms with Gasteiger partial charge in [0.1, 0.15) is 5.75 Å². The Balaban J connectivity index is 1.71. The molecule has 1 heterocycles. The van der Waals surface area contributed by atoms with Crippen molar-refractivity contribution in [1.82, 2.24) is 0 Å². The Morgan fingerprint density at radius 1 is 1.24 bits per heavy atom. The molecule has 0 spiro atoms. The quantitative estimate of drug-likeness (QED) is 0.861. The average molecular weight is 364 g/mol. The number of alkyl halides is 2. The third-order valence-electron chi connectivity index (χ3n) is 3.51. The van der Waals surface area contributed by atoms with Gasteiger partial charge in [0.15, 0.2) is 0 Å². The first-order valence-corrected chi connectivity index (χ1v) is 8.28. The summed E-state index contributed by atoms with van der Waals surface area (Å²) in [5.41, 5.74) is 1.42. The molecule has 2 N–H and O–H groups in total. The zero-order valence-electron chi connectivity index (χ0n) is 13.1. The molecule has 5 nitrogen and oxygen atoms in total. The molecular formula is C17H14F2N2O3S. The molecule has 1 aliphatic rings. The van der Waals surface area contributed by atoms with Crippen LogP contribution in [0.3, 0.4) is 0 Å². The van der Waals surface area contributed by atoms with Gasteiger partial charge in [-0.1, -0.05) is 0 Å². The van der Waals surface area contributed by atoms with Gasteiger partial charge in [-0.15, -0.1) is 11.8 Å². The molecule has 8 heteroatoms. The Morgan fingerprint density at radius 2 is 1.96 bits per heavy atom. The smallest absolute Gasteiger partial charge is 0.387 e. The number of anilines is 2. The summed E-state index contributed by atoms with van der Waals surface area (Å²) in [7, 11) is 0. The lowest BCUT2D eigenvalue weighted by Gasteiger charge is -2.21. The SMILES string of the molecule is C[C@@H]1Sc2ccc(C(=O)Nc3ccc(OC(F)F)cc3)cc2NC1=O. The molecule has 3 rings (SSSR count). The summed E-state index contributed by atoms with van der Waals surface area (Å²) in [4.78, 5) is 25.0. The molecule has 130 valence electrons. The van der Waals surface area contributed by atoms with Gasteiger partial charge in [-0.3, -0.25) is 9.59 Å². The molecule has 0 aromatic heterocycles. The first-order chi connectivity index (χ1) is 11.9. The predicted octanol–water partition coefficient (Wildman–Crippen LogP) is 3.97. The number of benzene rings is 2. The van der Waals surface area contributed by atoms with Gasteiger partial charge in [-0.2, -0.15) is 8.78 Å². The summed E-state index contributed by atoms with van der Waals surface area (Å²) < 4.78 is 28.5. The Labute approximate surface area is 146 Å². The van der Waals surface area contributed by atoms with Crippen LogP contribution in [0.4, 0.5) is 20.2 Å². The highest BCUT2D eigenvalue weighted by molar-refractivity contribution is 8.00. The minimum Gasteiger partial charge on any atom is -0.435 e. The molecule has 2 amide bonds. The molecule has 2 aromatic rings. The molecule has 0 saturated carbocycles. The van der Waals surface area contributed by atoms with Crippen molar-refractivity contribution in [2.24, 2.45) is 0 Å². The Kier molecular flexibility index (Phi) is 4.89. The highest BCUT2D eigenvalue weighted by Crippen LogP contribution is 2.36. The molecule has 0 fully saturated rings. The number of rotatable bonds is 4. The first-order valence-electron chi connectivity index (χ1n) is 7.40. The van der Waals surface area contributed by atoms with Gasteiger partial charge in [0.25, 0.3) is 5.91 Å². The molecule has 2 aromatic carbocycles. The van der Waals surface area contributed by atoms with Crippen molar-refractivity contribution in [3.63, 3.8) is 0 Å². The third kappa shape index (κ3) is 4.08. The summed E-state index contributed by atoms with van der Waals surface area (Å²) in [6.45, 7) is -1.09. The average Bonchev–Trinajstić information content (AvgIpc) is 2.57. The van der Waals surface area contributed by atoms with E-state index in [1.165, 1.54) is 36.0 Å². The van der Waals surface area contributed by atoms with Crippen molar-refractivity contribution < 1.29 is 23.1 Å². The van der Waals surface area contributed by atoms with Crippen molar-refractivity contribution in [2.75, 3.05) is 10.6 Å². The number of nitrogens with one attached hydrogen (secondary N) is 2. The van der Waals surface area contributed by atoms with Crippen LogP contribution in [-0.4, -0.2) is 23.7 Å². The van der Waals surface area contributed by atoms with Crippen LogP contribution in [0.25, 0.3) is 0 Å². The van der Waals surface area contributed by atoms with Gasteiger partial charge < -0.3 is 15.4 Å². The molecule has 1 aliphatic heterocycles. The molecule has 0 radical (unpaired) electrons. The summed E-state index contributed by atoms with van der Waals surface area (Å²) in [5, 5.41) is 5.25. The van der Waals surface area contributed by atoms with Crippen LogP contribution in [0.5, 0.6) is 5.75 Å². The maximum absolute atomic E-state index is 12.3. The standard InChI is InChI=1S/C17H14F2N2O3S/c1-9-15(22)21-13-8-10(2-7-14(13)25-9)16(23)20-11-3-5-12(6-4-11)24-17(18)19/h2-9,17H,1H3,(H,20,23)(H,21,22)/t9-/m0/s1. The van der Waals surface area contributed by atoms with Crippen molar-refractivity contribution in [2.45, 2.75) is 23.7 Å². The van der Waals surface area contributed by atoms with Crippen LogP contribution < -0.4 is 15.4 Å². The topological polar surface area (TPSA) is 67.4 Å². The van der Waals surface area contributed by atoms with Gasteiger partial charge in [0.2, 0.25) is 5.91 Å². The van der Waals surface area contributed by atoms with Crippen molar-refractivity contribution in [3.05, 3.63) is 48.0 Å². The van der Waals surface area contributed by atoms with Crippen molar-refractivity contribution in [3.8, 4) is 5.75 Å². The van der Waals surface area contributed by atoms with Gasteiger partial charge in [-0.25, -0.2) is 0 Å². The van der Waals surface area contributed by atoms with E-state index in [-0.39, 0.29) is 22.8 Å². The minimum absolute atomic E-state index is 0.00985. The van der Waals surface area contributed by atoms with Crippen LogP contribution in [-0.2, 0) is 4.79 Å². The van der Waals surface area contributed by atoms with Gasteiger partial charge in [0, 0.05) is 16.1 Å². The number of hydrogen-bond donors (Lipinski definition) is 2. The van der Waals surface area contributed by atoms with E-state index in [0.29, 0.717) is 16.9 Å². The normalized spacial score (nSPS) is 16.2. The fraction of sp³-hybridized carbons (Fsp3) is 0.176. The van der Waals surface area contributed by atoms with E-state index in [0.717, 1.165) is 4.90 Å². The predicted molar refractivity (Wildman–Crippen MR) is 91.4 cm³/mol. The zero-order valence-corrected chi connectivity index (χ0v) is 13.9. The van der Waals surface area contributed by atoms with Crippen LogP contribution >= 0.6 is 11.8 Å². The maximum Gasteiger partial charge on any atom is 0.387 e. The fourth-order valence-electron chi connectivity index (χ4n) is 2.27. The van der Waals surface area contributed by atoms with Crippen molar-refractivity contribution >= 4 is 35.0 Å². The van der Waals surface area contributed by atoms with Gasteiger partial charge in [-0.05, 0) is 49.4 Å². The lowest BCUT2D eigenvalue weighted by Crippen LogP contribution is -2.26. The lowest BCUT2D eigenvalue weighted by molar-refractivity contribution is -0.115. The Bertz CT molecular complexity index is 812. The minimum atomic E-state index is -2.90. The van der Waals surface area contributed by atoms with Crippen molar-refractivity contribution in [1.29, 1.82) is 0 Å². The van der Waals surface area contributed by atoms with Crippen LogP contribution in [0.2, 0.25) is 0 Å². The summed E-state index contributed by atoms with van der Waals surface area (Å²) in [6.07, 6.45) is 0. The van der Waals surface area contributed by atoms with Crippen LogP contribution in [0.1, 0.15) is 17.3 Å². The number of amides is 2. The fourth-order valence-corrected chi connectivity index (χ4v) is 3.20. The summed E-state index contributed by atoms with van der Waals surface area (Å²) >= 11 is 1.43. The summed E-state index contributed by atoms with van der Waals surface area (Å²) in [5.74, 6) is -0.469. The van der Waals surface area contributed by atoms with E-state index in [2.05, 4.69) is 15.4 Å². The number of ether oxygens (including phenoxy) is 1. The van der Waals surface area contributed by atoms with Crippen LogP contribution in [0.15, 0.2) is 47.4 Å². The molecule has 25 heavy (non-hydrogen) atoms. The van der Waals surface area contributed by atoms with E-state index in [9.17, 15) is 18.4 Å². The molecular weight excluding hydrogens is 350 g/mol. The largest absolute Gasteiger partial charge is 0.435 e. The van der Waals surface area contributed by atoms with Gasteiger partial charge >= 0.3 is 6.61 Å². The van der Waals surface area contributed by atoms with E-state index in [1.54, 1.807) is 18.2 Å². The first kappa shape index (κ1) is 17.2. The number of carbonyl (C=O) groups is 2. The molecule has 0 bridgehead atoms. The van der Waals surface area contributed by atoms with E-state index in [4.69, 9.17) is 0 Å². The number of halogens is 2. The third-order valence-corrected chi connectivity index (χ3v) is 4.69. The highest BCUT2D eigenvalue weighted by atomic mass is 32.2. The number of thioether (sulfide) groups is 1. The number of fused-ring (bicyclic) bond motifs is 1. The molecule has 0 saturated heterocycles. The highest BCUT2D eigenvalue weighted by Gasteiger charge is 2.23. The molecule has 0 aliphatic carbocycles. The lowest BCUT2D eigenvalue weighted by atomic mass is 10.1. The number of hydrogen-bond acceptors (Lipinski definition) is 4. The van der Waals surface area contributed by atoms with E-state index in [1.807, 2.05) is 6.92 Å². The zero-order chi connectivity index (χ0) is 18.0. The molecule has 1 atom stereocenters. The second kappa shape index (κ2) is 7.10. The Morgan fingerprint density at radius 3 is 2.64 bits per heavy atom. The number of carbonyl (C=O) groups excluding carboxylic acids is 2. The van der Waals surface area contributed by atoms with Crippen LogP contribution in [0, 0.1) is 0 Å². The second-order valence-corrected chi connectivity index (χ2v) is 6.70. The Hall–Kier alpha value is -2.61. The summed E-state index contributed by atoms with van der Waals surface area (Å²) in [6, 6.07) is 10.7. The monoisotopic (exact) mass is 364 g/mol. The molecule has 0 unspecified atom stereocenters. The maximum atomic E-state index is 12.3.